The number of ether oxygens (including phenoxy) is 1. The maximum Gasteiger partial charge on any atom is 0.193 e. The first-order valence-corrected chi connectivity index (χ1v) is 12.6. The molecule has 0 heterocycles. The summed E-state index contributed by atoms with van der Waals surface area (Å²) in [4.78, 5) is 13.2. The number of rotatable bonds is 15. The largest absolute Gasteiger partial charge is 0.494 e. The molecule has 0 atom stereocenters. The standard InChI is InChI=1S/C27H38O2S/c1-3-5-7-9-11-13-27(28)30-26-20-16-24(17-21-26)23-14-18-25(19-15-23)29-22-12-10-8-6-4-2/h14-21H,3-13,22H2,1-2H3. The third-order valence-electron chi connectivity index (χ3n) is 5.27. The zero-order valence-electron chi connectivity index (χ0n) is 18.8. The molecule has 0 bridgehead atoms. The van der Waals surface area contributed by atoms with E-state index in [9.17, 15) is 4.79 Å². The minimum atomic E-state index is 0.274. The van der Waals surface area contributed by atoms with Gasteiger partial charge in [0.2, 0.25) is 0 Å². The molecule has 0 unspecified atom stereocenters. The molecule has 2 nitrogen and oxygen atoms in total. The van der Waals surface area contributed by atoms with Crippen molar-refractivity contribution in [2.75, 3.05) is 6.61 Å². The highest BCUT2D eigenvalue weighted by molar-refractivity contribution is 8.13. The molecular formula is C27H38O2S. The quantitative estimate of drug-likeness (QED) is 0.210. The molecule has 0 amide bonds. The van der Waals surface area contributed by atoms with Crippen molar-refractivity contribution in [1.82, 2.24) is 0 Å². The Hall–Kier alpha value is -1.74. The van der Waals surface area contributed by atoms with Gasteiger partial charge in [-0.05, 0) is 48.2 Å². The van der Waals surface area contributed by atoms with E-state index in [1.165, 1.54) is 62.3 Å². The van der Waals surface area contributed by atoms with Crippen LogP contribution in [-0.2, 0) is 4.79 Å². The topological polar surface area (TPSA) is 26.3 Å². The van der Waals surface area contributed by atoms with Gasteiger partial charge >= 0.3 is 0 Å². The van der Waals surface area contributed by atoms with Gasteiger partial charge in [-0.3, -0.25) is 4.79 Å². The normalized spacial score (nSPS) is 10.9. The molecule has 2 rings (SSSR count). The molecule has 0 radical (unpaired) electrons. The molecule has 0 aliphatic carbocycles. The van der Waals surface area contributed by atoms with Gasteiger partial charge in [0, 0.05) is 11.3 Å². The molecular weight excluding hydrogens is 388 g/mol. The second-order valence-corrected chi connectivity index (χ2v) is 9.08. The molecule has 3 heteroatoms. The van der Waals surface area contributed by atoms with Crippen molar-refractivity contribution >= 4 is 16.9 Å². The van der Waals surface area contributed by atoms with E-state index in [1.54, 1.807) is 0 Å². The summed E-state index contributed by atoms with van der Waals surface area (Å²) in [7, 11) is 0. The van der Waals surface area contributed by atoms with Crippen molar-refractivity contribution < 1.29 is 9.53 Å². The third-order valence-corrected chi connectivity index (χ3v) is 6.21. The van der Waals surface area contributed by atoms with Crippen molar-refractivity contribution in [3.8, 4) is 16.9 Å². The van der Waals surface area contributed by atoms with Gasteiger partial charge in [0.05, 0.1) is 6.61 Å². The van der Waals surface area contributed by atoms with Crippen LogP contribution in [-0.4, -0.2) is 11.7 Å². The molecule has 30 heavy (non-hydrogen) atoms. The van der Waals surface area contributed by atoms with E-state index in [-0.39, 0.29) is 5.12 Å². The van der Waals surface area contributed by atoms with Crippen LogP contribution in [0.4, 0.5) is 0 Å². The van der Waals surface area contributed by atoms with E-state index in [0.717, 1.165) is 42.1 Å². The van der Waals surface area contributed by atoms with Crippen LogP contribution >= 0.6 is 11.8 Å². The number of unbranched alkanes of at least 4 members (excludes halogenated alkanes) is 8. The summed E-state index contributed by atoms with van der Waals surface area (Å²) in [6.07, 6.45) is 12.9. The molecule has 0 aliphatic rings. The first-order chi connectivity index (χ1) is 14.7. The summed E-state index contributed by atoms with van der Waals surface area (Å²) in [5.74, 6) is 0.936. The molecule has 2 aromatic carbocycles. The Balaban J connectivity index is 1.74. The molecule has 0 N–H and O–H groups in total. The Morgan fingerprint density at radius 2 is 1.23 bits per heavy atom. The number of thioether (sulfide) groups is 1. The second-order valence-electron chi connectivity index (χ2n) is 7.95. The van der Waals surface area contributed by atoms with Crippen molar-refractivity contribution in [2.45, 2.75) is 89.4 Å². The van der Waals surface area contributed by atoms with Gasteiger partial charge < -0.3 is 4.74 Å². The third kappa shape index (κ3) is 9.84. The summed E-state index contributed by atoms with van der Waals surface area (Å²) >= 11 is 1.37. The minimum absolute atomic E-state index is 0.274. The fourth-order valence-electron chi connectivity index (χ4n) is 3.41. The van der Waals surface area contributed by atoms with Crippen LogP contribution in [0.1, 0.15) is 84.5 Å². The van der Waals surface area contributed by atoms with E-state index in [1.807, 2.05) is 12.1 Å². The number of carbonyl (C=O) groups is 1. The maximum absolute atomic E-state index is 12.1. The van der Waals surface area contributed by atoms with E-state index in [2.05, 4.69) is 50.2 Å². The Bertz CT molecular complexity index is 707. The molecule has 0 aromatic heterocycles. The van der Waals surface area contributed by atoms with E-state index in [4.69, 9.17) is 4.74 Å². The number of carbonyl (C=O) groups excluding carboxylic acids is 1. The molecule has 164 valence electrons. The summed E-state index contributed by atoms with van der Waals surface area (Å²) in [5.41, 5.74) is 2.33. The first kappa shape index (κ1) is 24.5. The van der Waals surface area contributed by atoms with Crippen LogP contribution in [0.15, 0.2) is 53.4 Å². The van der Waals surface area contributed by atoms with E-state index < -0.39 is 0 Å². The SMILES string of the molecule is CCCCCCCOc1ccc(-c2ccc(SC(=O)CCCCCCC)cc2)cc1. The van der Waals surface area contributed by atoms with Crippen molar-refractivity contribution in [3.05, 3.63) is 48.5 Å². The number of hydrogen-bond donors (Lipinski definition) is 0. The molecule has 2 aromatic rings. The maximum atomic E-state index is 12.1. The van der Waals surface area contributed by atoms with E-state index in [0.29, 0.717) is 6.42 Å². The minimum Gasteiger partial charge on any atom is -0.494 e. The average Bonchev–Trinajstić information content (AvgIpc) is 2.77. The van der Waals surface area contributed by atoms with Gasteiger partial charge in [0.1, 0.15) is 5.75 Å². The smallest absolute Gasteiger partial charge is 0.193 e. The Morgan fingerprint density at radius 1 is 0.700 bits per heavy atom. The molecule has 0 aliphatic heterocycles. The monoisotopic (exact) mass is 426 g/mol. The molecule has 0 fully saturated rings. The average molecular weight is 427 g/mol. The van der Waals surface area contributed by atoms with Crippen molar-refractivity contribution in [3.63, 3.8) is 0 Å². The van der Waals surface area contributed by atoms with Gasteiger partial charge in [-0.25, -0.2) is 0 Å². The number of benzene rings is 2. The van der Waals surface area contributed by atoms with Gasteiger partial charge in [-0.1, -0.05) is 101 Å². The van der Waals surface area contributed by atoms with Crippen LogP contribution in [0.3, 0.4) is 0 Å². The predicted molar refractivity (Wildman–Crippen MR) is 130 cm³/mol. The predicted octanol–water partition coefficient (Wildman–Crippen LogP) is 8.68. The molecule has 0 saturated carbocycles. The van der Waals surface area contributed by atoms with E-state index >= 15 is 0 Å². The zero-order chi connectivity index (χ0) is 21.4. The van der Waals surface area contributed by atoms with Gasteiger partial charge in [0.15, 0.2) is 5.12 Å². The number of hydrogen-bond acceptors (Lipinski definition) is 3. The van der Waals surface area contributed by atoms with Crippen LogP contribution < -0.4 is 4.74 Å². The highest BCUT2D eigenvalue weighted by Crippen LogP contribution is 2.27. The van der Waals surface area contributed by atoms with Gasteiger partial charge in [0.25, 0.3) is 0 Å². The molecule has 0 saturated heterocycles. The zero-order valence-corrected chi connectivity index (χ0v) is 19.6. The summed E-state index contributed by atoms with van der Waals surface area (Å²) in [6, 6.07) is 16.6. The first-order valence-electron chi connectivity index (χ1n) is 11.8. The summed E-state index contributed by atoms with van der Waals surface area (Å²) < 4.78 is 5.85. The second kappa shape index (κ2) is 15.1. The van der Waals surface area contributed by atoms with Gasteiger partial charge in [-0.2, -0.15) is 0 Å². The fourth-order valence-corrected chi connectivity index (χ4v) is 4.19. The van der Waals surface area contributed by atoms with Crippen molar-refractivity contribution in [1.29, 1.82) is 0 Å². The van der Waals surface area contributed by atoms with Crippen LogP contribution in [0.5, 0.6) is 5.75 Å². The Morgan fingerprint density at radius 3 is 1.83 bits per heavy atom. The fraction of sp³-hybridized carbons (Fsp3) is 0.519. The Kier molecular flexibility index (Phi) is 12.4. The van der Waals surface area contributed by atoms with Crippen LogP contribution in [0.2, 0.25) is 0 Å². The highest BCUT2D eigenvalue weighted by Gasteiger charge is 2.06. The lowest BCUT2D eigenvalue weighted by Gasteiger charge is -2.08. The summed E-state index contributed by atoms with van der Waals surface area (Å²) in [5, 5.41) is 0.274. The lowest BCUT2D eigenvalue weighted by atomic mass is 10.1. The van der Waals surface area contributed by atoms with Crippen molar-refractivity contribution in [2.24, 2.45) is 0 Å². The van der Waals surface area contributed by atoms with Crippen LogP contribution in [0.25, 0.3) is 11.1 Å². The summed E-state index contributed by atoms with van der Waals surface area (Å²) in [6.45, 7) is 5.24. The highest BCUT2D eigenvalue weighted by atomic mass is 32.2. The lowest BCUT2D eigenvalue weighted by Crippen LogP contribution is -1.97. The molecule has 0 spiro atoms. The van der Waals surface area contributed by atoms with Crippen LogP contribution in [0, 0.1) is 0 Å². The van der Waals surface area contributed by atoms with Gasteiger partial charge in [-0.15, -0.1) is 0 Å². The lowest BCUT2D eigenvalue weighted by molar-refractivity contribution is -0.111. The Labute approximate surface area is 187 Å².